The summed E-state index contributed by atoms with van der Waals surface area (Å²) in [5.74, 6) is -0.857. The number of phenols is 1. The number of phenolic OH excluding ortho intramolecular Hbond substituents is 1. The molecule has 108 valence electrons. The minimum absolute atomic E-state index is 0.000535. The van der Waals surface area contributed by atoms with Gasteiger partial charge in [-0.3, -0.25) is 0 Å². The molecule has 1 aromatic carbocycles. The molecule has 4 N–H and O–H groups in total. The van der Waals surface area contributed by atoms with E-state index in [1.54, 1.807) is 12.1 Å². The molecular formula is C14H18N2O4. The Morgan fingerprint density at radius 3 is 2.40 bits per heavy atom. The fraction of sp³-hybridized carbons (Fsp3) is 0.429. The predicted molar refractivity (Wildman–Crippen MR) is 72.2 cm³/mol. The van der Waals surface area contributed by atoms with E-state index in [9.17, 15) is 14.7 Å². The fourth-order valence-corrected chi connectivity index (χ4v) is 2.07. The lowest BCUT2D eigenvalue weighted by molar-refractivity contribution is -0.144. The van der Waals surface area contributed by atoms with Gasteiger partial charge in [0.1, 0.15) is 11.3 Å². The van der Waals surface area contributed by atoms with Gasteiger partial charge in [-0.15, -0.1) is 0 Å². The lowest BCUT2D eigenvalue weighted by atomic mass is 9.96. The van der Waals surface area contributed by atoms with Crippen molar-refractivity contribution in [2.75, 3.05) is 0 Å². The molecule has 2 rings (SSSR count). The van der Waals surface area contributed by atoms with Crippen LogP contribution < -0.4 is 10.6 Å². The van der Waals surface area contributed by atoms with Gasteiger partial charge in [0.2, 0.25) is 0 Å². The quantitative estimate of drug-likeness (QED) is 0.655. The van der Waals surface area contributed by atoms with Gasteiger partial charge in [-0.25, -0.2) is 9.59 Å². The van der Waals surface area contributed by atoms with Gasteiger partial charge in [-0.2, -0.15) is 0 Å². The third kappa shape index (κ3) is 3.20. The van der Waals surface area contributed by atoms with Crippen LogP contribution >= 0.6 is 0 Å². The van der Waals surface area contributed by atoms with E-state index in [0.717, 1.165) is 18.4 Å². The molecule has 20 heavy (non-hydrogen) atoms. The normalized spacial score (nSPS) is 17.1. The topological polar surface area (TPSA) is 98.7 Å². The Kier molecular flexibility index (Phi) is 3.83. The standard InChI is InChI=1S/C14H18N2O4/c1-14(12(18)19,10-4-5-10)16-13(20)15-8-9-2-6-11(17)7-3-9/h2-3,6-7,10,17H,4-5,8H2,1H3,(H,18,19)(H2,15,16,20). The second-order valence-electron chi connectivity index (χ2n) is 5.26. The Morgan fingerprint density at radius 2 is 1.90 bits per heavy atom. The molecule has 1 saturated carbocycles. The first kappa shape index (κ1) is 14.2. The predicted octanol–water partition coefficient (Wildman–Crippen LogP) is 1.44. The van der Waals surface area contributed by atoms with Crippen LogP contribution in [-0.2, 0) is 11.3 Å². The maximum absolute atomic E-state index is 11.8. The zero-order valence-corrected chi connectivity index (χ0v) is 11.2. The summed E-state index contributed by atoms with van der Waals surface area (Å²) < 4.78 is 0. The highest BCUT2D eigenvalue weighted by Gasteiger charge is 2.48. The van der Waals surface area contributed by atoms with Crippen molar-refractivity contribution in [2.24, 2.45) is 5.92 Å². The third-order valence-corrected chi connectivity index (χ3v) is 3.60. The molecule has 1 fully saturated rings. The average Bonchev–Trinajstić information content (AvgIpc) is 3.22. The molecule has 1 aromatic rings. The number of rotatable bonds is 5. The van der Waals surface area contributed by atoms with Crippen molar-refractivity contribution < 1.29 is 19.8 Å². The molecule has 0 heterocycles. The summed E-state index contributed by atoms with van der Waals surface area (Å²) in [6.07, 6.45) is 1.64. The van der Waals surface area contributed by atoms with Crippen LogP contribution in [0.1, 0.15) is 25.3 Å². The van der Waals surface area contributed by atoms with Crippen LogP contribution in [-0.4, -0.2) is 27.8 Å². The maximum Gasteiger partial charge on any atom is 0.329 e. The van der Waals surface area contributed by atoms with E-state index in [1.807, 2.05) is 0 Å². The lowest BCUT2D eigenvalue weighted by Gasteiger charge is -2.26. The molecule has 1 aliphatic carbocycles. The summed E-state index contributed by atoms with van der Waals surface area (Å²) in [4.78, 5) is 23.1. The first-order chi connectivity index (χ1) is 9.41. The summed E-state index contributed by atoms with van der Waals surface area (Å²) in [6, 6.07) is 5.93. The zero-order chi connectivity index (χ0) is 14.8. The highest BCUT2D eigenvalue weighted by molar-refractivity contribution is 5.86. The van der Waals surface area contributed by atoms with E-state index < -0.39 is 17.5 Å². The Bertz CT molecular complexity index is 510. The number of aromatic hydroxyl groups is 1. The number of carbonyl (C=O) groups excluding carboxylic acids is 1. The molecular weight excluding hydrogens is 260 g/mol. The SMILES string of the molecule is CC(NC(=O)NCc1ccc(O)cc1)(C(=O)O)C1CC1. The first-order valence-electron chi connectivity index (χ1n) is 6.49. The molecule has 0 spiro atoms. The number of hydrogen-bond donors (Lipinski definition) is 4. The van der Waals surface area contributed by atoms with Gasteiger partial charge in [0.05, 0.1) is 0 Å². The zero-order valence-electron chi connectivity index (χ0n) is 11.2. The summed E-state index contributed by atoms with van der Waals surface area (Å²) >= 11 is 0. The van der Waals surface area contributed by atoms with Crippen molar-refractivity contribution >= 4 is 12.0 Å². The van der Waals surface area contributed by atoms with E-state index in [4.69, 9.17) is 5.11 Å². The van der Waals surface area contributed by atoms with Crippen molar-refractivity contribution in [1.29, 1.82) is 0 Å². The molecule has 6 nitrogen and oxygen atoms in total. The monoisotopic (exact) mass is 278 g/mol. The largest absolute Gasteiger partial charge is 0.508 e. The molecule has 0 saturated heterocycles. The van der Waals surface area contributed by atoms with Gasteiger partial charge < -0.3 is 20.8 Å². The minimum Gasteiger partial charge on any atom is -0.508 e. The number of carbonyl (C=O) groups is 2. The summed E-state index contributed by atoms with van der Waals surface area (Å²) in [6.45, 7) is 1.81. The smallest absolute Gasteiger partial charge is 0.329 e. The summed E-state index contributed by atoms with van der Waals surface area (Å²) in [5.41, 5.74) is -0.389. The van der Waals surface area contributed by atoms with E-state index >= 15 is 0 Å². The molecule has 0 radical (unpaired) electrons. The van der Waals surface area contributed by atoms with Gasteiger partial charge >= 0.3 is 12.0 Å². The van der Waals surface area contributed by atoms with Gasteiger partial charge in [-0.05, 0) is 43.4 Å². The second-order valence-corrected chi connectivity index (χ2v) is 5.26. The fourth-order valence-electron chi connectivity index (χ4n) is 2.07. The molecule has 1 aliphatic rings. The van der Waals surface area contributed by atoms with Crippen LogP contribution in [0.15, 0.2) is 24.3 Å². The number of nitrogens with one attached hydrogen (secondary N) is 2. The summed E-state index contributed by atoms with van der Waals surface area (Å²) in [5, 5.41) is 23.5. The number of benzene rings is 1. The number of carboxylic acid groups (broad SMARTS) is 1. The van der Waals surface area contributed by atoms with Gasteiger partial charge in [0, 0.05) is 6.54 Å². The van der Waals surface area contributed by atoms with Crippen molar-refractivity contribution in [3.63, 3.8) is 0 Å². The molecule has 0 aromatic heterocycles. The number of carboxylic acids is 1. The Hall–Kier alpha value is -2.24. The van der Waals surface area contributed by atoms with Crippen LogP contribution in [0.2, 0.25) is 0 Å². The number of hydrogen-bond acceptors (Lipinski definition) is 3. The number of amides is 2. The van der Waals surface area contributed by atoms with Crippen molar-refractivity contribution in [2.45, 2.75) is 31.8 Å². The lowest BCUT2D eigenvalue weighted by Crippen LogP contribution is -2.56. The van der Waals surface area contributed by atoms with Crippen LogP contribution in [0.25, 0.3) is 0 Å². The molecule has 0 bridgehead atoms. The van der Waals surface area contributed by atoms with E-state index in [0.29, 0.717) is 0 Å². The molecule has 1 unspecified atom stereocenters. The Labute approximate surface area is 116 Å². The molecule has 1 atom stereocenters. The van der Waals surface area contributed by atoms with Crippen LogP contribution in [0.4, 0.5) is 4.79 Å². The molecule has 2 amide bonds. The maximum atomic E-state index is 11.8. The average molecular weight is 278 g/mol. The number of aliphatic carboxylic acids is 1. The van der Waals surface area contributed by atoms with Gasteiger partial charge in [0.15, 0.2) is 0 Å². The van der Waals surface area contributed by atoms with Crippen LogP contribution in [0.3, 0.4) is 0 Å². The third-order valence-electron chi connectivity index (χ3n) is 3.60. The van der Waals surface area contributed by atoms with Crippen molar-refractivity contribution in [1.82, 2.24) is 10.6 Å². The van der Waals surface area contributed by atoms with Gasteiger partial charge in [0.25, 0.3) is 0 Å². The molecule has 0 aliphatic heterocycles. The van der Waals surface area contributed by atoms with E-state index in [1.165, 1.54) is 19.1 Å². The van der Waals surface area contributed by atoms with E-state index in [-0.39, 0.29) is 18.2 Å². The minimum atomic E-state index is -1.21. The van der Waals surface area contributed by atoms with Crippen molar-refractivity contribution in [3.05, 3.63) is 29.8 Å². The molecule has 6 heteroatoms. The highest BCUT2D eigenvalue weighted by Crippen LogP contribution is 2.39. The highest BCUT2D eigenvalue weighted by atomic mass is 16.4. The summed E-state index contributed by atoms with van der Waals surface area (Å²) in [7, 11) is 0. The van der Waals surface area contributed by atoms with Crippen molar-refractivity contribution in [3.8, 4) is 5.75 Å². The number of urea groups is 1. The first-order valence-corrected chi connectivity index (χ1v) is 6.49. The Balaban J connectivity index is 1.88. The van der Waals surface area contributed by atoms with Crippen LogP contribution in [0.5, 0.6) is 5.75 Å². The second kappa shape index (κ2) is 5.40. The van der Waals surface area contributed by atoms with Crippen LogP contribution in [0, 0.1) is 5.92 Å². The Morgan fingerprint density at radius 1 is 1.30 bits per heavy atom. The van der Waals surface area contributed by atoms with E-state index in [2.05, 4.69) is 10.6 Å². The van der Waals surface area contributed by atoms with Gasteiger partial charge in [-0.1, -0.05) is 12.1 Å².